The van der Waals surface area contributed by atoms with Crippen LogP contribution in [-0.2, 0) is 14.3 Å². The molecule has 0 aromatic rings. The number of aliphatic carboxylic acids is 1. The van der Waals surface area contributed by atoms with Crippen molar-refractivity contribution in [2.24, 2.45) is 0 Å². The Labute approximate surface area is 100.0 Å². The summed E-state index contributed by atoms with van der Waals surface area (Å²) in [5.41, 5.74) is 0. The summed E-state index contributed by atoms with van der Waals surface area (Å²) < 4.78 is 5.13. The zero-order valence-electron chi connectivity index (χ0n) is 9.89. The van der Waals surface area contributed by atoms with Gasteiger partial charge in [0.05, 0.1) is 0 Å². The lowest BCUT2D eigenvalue weighted by Crippen LogP contribution is -2.40. The molecule has 0 aromatic heterocycles. The summed E-state index contributed by atoms with van der Waals surface area (Å²) in [6.45, 7) is 1.94. The fraction of sp³-hybridized carbons (Fsp3) is 0.818. The number of nitrogens with one attached hydrogen (secondary N) is 1. The van der Waals surface area contributed by atoms with Gasteiger partial charge in [0.1, 0.15) is 6.10 Å². The molecule has 1 amide bonds. The van der Waals surface area contributed by atoms with E-state index in [1.807, 2.05) is 6.92 Å². The number of aliphatic hydroxyl groups excluding tert-OH is 1. The molecular formula is C11H19NO5. The maximum absolute atomic E-state index is 11.7. The molecule has 6 heteroatoms. The third kappa shape index (κ3) is 4.32. The average Bonchev–Trinajstić information content (AvgIpc) is 2.75. The van der Waals surface area contributed by atoms with Crippen molar-refractivity contribution in [1.82, 2.24) is 5.32 Å². The van der Waals surface area contributed by atoms with Crippen molar-refractivity contribution in [2.45, 2.75) is 50.9 Å². The SMILES string of the molecule is CC(CCCO)NC(=O)C1CCC(C(=O)O)O1. The Hall–Kier alpha value is -1.14. The van der Waals surface area contributed by atoms with Crippen molar-refractivity contribution in [3.8, 4) is 0 Å². The molecular weight excluding hydrogens is 226 g/mol. The lowest BCUT2D eigenvalue weighted by Gasteiger charge is -2.16. The predicted molar refractivity (Wildman–Crippen MR) is 59.5 cm³/mol. The highest BCUT2D eigenvalue weighted by Crippen LogP contribution is 2.20. The molecule has 1 fully saturated rings. The van der Waals surface area contributed by atoms with Gasteiger partial charge in [-0.15, -0.1) is 0 Å². The van der Waals surface area contributed by atoms with E-state index in [1.165, 1.54) is 0 Å². The van der Waals surface area contributed by atoms with Gasteiger partial charge >= 0.3 is 5.97 Å². The van der Waals surface area contributed by atoms with Crippen LogP contribution in [-0.4, -0.2) is 46.9 Å². The first kappa shape index (κ1) is 13.9. The molecule has 98 valence electrons. The number of aliphatic hydroxyl groups is 1. The van der Waals surface area contributed by atoms with Crippen LogP contribution in [0.3, 0.4) is 0 Å². The van der Waals surface area contributed by atoms with Crippen molar-refractivity contribution in [3.63, 3.8) is 0 Å². The minimum atomic E-state index is -1.02. The number of amides is 1. The number of ether oxygens (including phenoxy) is 1. The molecule has 0 radical (unpaired) electrons. The molecule has 1 aliphatic rings. The molecule has 1 aliphatic heterocycles. The van der Waals surface area contributed by atoms with Crippen molar-refractivity contribution in [2.75, 3.05) is 6.61 Å². The van der Waals surface area contributed by atoms with Crippen molar-refractivity contribution < 1.29 is 24.5 Å². The Kier molecular flexibility index (Phi) is 5.37. The second-order valence-corrected chi connectivity index (χ2v) is 4.30. The predicted octanol–water partition coefficient (Wildman–Crippen LogP) is -0.104. The highest BCUT2D eigenvalue weighted by Gasteiger charge is 2.34. The van der Waals surface area contributed by atoms with Crippen LogP contribution in [0.5, 0.6) is 0 Å². The van der Waals surface area contributed by atoms with E-state index < -0.39 is 18.2 Å². The van der Waals surface area contributed by atoms with Gasteiger partial charge in [-0.2, -0.15) is 0 Å². The van der Waals surface area contributed by atoms with Gasteiger partial charge in [-0.05, 0) is 32.6 Å². The van der Waals surface area contributed by atoms with Crippen molar-refractivity contribution in [3.05, 3.63) is 0 Å². The molecule has 1 rings (SSSR count). The summed E-state index contributed by atoms with van der Waals surface area (Å²) in [7, 11) is 0. The quantitative estimate of drug-likeness (QED) is 0.607. The topological polar surface area (TPSA) is 95.9 Å². The van der Waals surface area contributed by atoms with Crippen LogP contribution in [0.1, 0.15) is 32.6 Å². The Morgan fingerprint density at radius 3 is 2.59 bits per heavy atom. The van der Waals surface area contributed by atoms with E-state index in [1.54, 1.807) is 0 Å². The van der Waals surface area contributed by atoms with Crippen LogP contribution >= 0.6 is 0 Å². The summed E-state index contributed by atoms with van der Waals surface area (Å²) in [6, 6.07) is -0.0397. The number of hydrogen-bond acceptors (Lipinski definition) is 4. The van der Waals surface area contributed by atoms with E-state index in [0.29, 0.717) is 25.7 Å². The minimum absolute atomic E-state index is 0.0397. The standard InChI is InChI=1S/C11H19NO5/c1-7(3-2-6-13)12-10(14)8-4-5-9(17-8)11(15)16/h7-9,13H,2-6H2,1H3,(H,12,14)(H,15,16). The number of carboxylic acids is 1. The van der Waals surface area contributed by atoms with Crippen molar-refractivity contribution in [1.29, 1.82) is 0 Å². The first-order valence-corrected chi connectivity index (χ1v) is 5.84. The molecule has 0 spiro atoms. The number of carbonyl (C=O) groups is 2. The van der Waals surface area contributed by atoms with E-state index >= 15 is 0 Å². The van der Waals surface area contributed by atoms with Crippen LogP contribution in [0, 0.1) is 0 Å². The molecule has 3 atom stereocenters. The van der Waals surface area contributed by atoms with E-state index in [4.69, 9.17) is 14.9 Å². The molecule has 3 unspecified atom stereocenters. The Morgan fingerprint density at radius 1 is 1.41 bits per heavy atom. The molecule has 1 saturated heterocycles. The van der Waals surface area contributed by atoms with E-state index in [0.717, 1.165) is 0 Å². The van der Waals surface area contributed by atoms with Gasteiger partial charge in [-0.1, -0.05) is 0 Å². The van der Waals surface area contributed by atoms with Crippen LogP contribution < -0.4 is 5.32 Å². The summed E-state index contributed by atoms with van der Waals surface area (Å²) >= 11 is 0. The van der Waals surface area contributed by atoms with E-state index in [9.17, 15) is 9.59 Å². The maximum atomic E-state index is 11.7. The van der Waals surface area contributed by atoms with Gasteiger partial charge in [-0.3, -0.25) is 4.79 Å². The maximum Gasteiger partial charge on any atom is 0.332 e. The molecule has 17 heavy (non-hydrogen) atoms. The van der Waals surface area contributed by atoms with Crippen LogP contribution in [0.25, 0.3) is 0 Å². The first-order chi connectivity index (χ1) is 8.04. The summed E-state index contributed by atoms with van der Waals surface area (Å²) in [6.07, 6.45) is 0.613. The second-order valence-electron chi connectivity index (χ2n) is 4.30. The molecule has 6 nitrogen and oxygen atoms in total. The molecule has 1 heterocycles. The van der Waals surface area contributed by atoms with E-state index in [2.05, 4.69) is 5.32 Å². The average molecular weight is 245 g/mol. The highest BCUT2D eigenvalue weighted by atomic mass is 16.5. The number of rotatable bonds is 6. The van der Waals surface area contributed by atoms with Gasteiger partial charge in [0.25, 0.3) is 0 Å². The van der Waals surface area contributed by atoms with Gasteiger partial charge in [0.15, 0.2) is 6.10 Å². The third-order valence-electron chi connectivity index (χ3n) is 2.77. The lowest BCUT2D eigenvalue weighted by molar-refractivity contribution is -0.151. The summed E-state index contributed by atoms with van der Waals surface area (Å²) in [5, 5.41) is 20.1. The first-order valence-electron chi connectivity index (χ1n) is 5.84. The van der Waals surface area contributed by atoms with Gasteiger partial charge in [0, 0.05) is 12.6 Å². The second kappa shape index (κ2) is 6.56. The fourth-order valence-electron chi connectivity index (χ4n) is 1.82. The third-order valence-corrected chi connectivity index (χ3v) is 2.77. The molecule has 0 saturated carbocycles. The number of carboxylic acid groups (broad SMARTS) is 1. The molecule has 0 bridgehead atoms. The molecule has 0 aliphatic carbocycles. The Balaban J connectivity index is 2.31. The minimum Gasteiger partial charge on any atom is -0.479 e. The summed E-state index contributed by atoms with van der Waals surface area (Å²) in [4.78, 5) is 22.3. The lowest BCUT2D eigenvalue weighted by atomic mass is 10.1. The van der Waals surface area contributed by atoms with Gasteiger partial charge in [0.2, 0.25) is 5.91 Å². The summed E-state index contributed by atoms with van der Waals surface area (Å²) in [5.74, 6) is -1.28. The number of hydrogen-bond donors (Lipinski definition) is 3. The molecule has 0 aromatic carbocycles. The van der Waals surface area contributed by atoms with Crippen LogP contribution in [0.4, 0.5) is 0 Å². The normalized spacial score (nSPS) is 25.5. The smallest absolute Gasteiger partial charge is 0.332 e. The monoisotopic (exact) mass is 245 g/mol. The largest absolute Gasteiger partial charge is 0.479 e. The van der Waals surface area contributed by atoms with Crippen molar-refractivity contribution >= 4 is 11.9 Å². The Bertz CT molecular complexity index is 281. The highest BCUT2D eigenvalue weighted by molar-refractivity contribution is 5.82. The van der Waals surface area contributed by atoms with Crippen LogP contribution in [0.2, 0.25) is 0 Å². The fourth-order valence-corrected chi connectivity index (χ4v) is 1.82. The van der Waals surface area contributed by atoms with E-state index in [-0.39, 0.29) is 18.6 Å². The zero-order chi connectivity index (χ0) is 12.8. The Morgan fingerprint density at radius 2 is 2.06 bits per heavy atom. The number of carbonyl (C=O) groups excluding carboxylic acids is 1. The zero-order valence-corrected chi connectivity index (χ0v) is 9.89. The van der Waals surface area contributed by atoms with Gasteiger partial charge in [-0.25, -0.2) is 4.79 Å². The van der Waals surface area contributed by atoms with Gasteiger partial charge < -0.3 is 20.3 Å². The van der Waals surface area contributed by atoms with Crippen LogP contribution in [0.15, 0.2) is 0 Å². The molecule has 3 N–H and O–H groups in total.